The van der Waals surface area contributed by atoms with Crippen molar-refractivity contribution in [1.29, 1.82) is 0 Å². The SMILES string of the molecule is C[n+]1ccn(CCCN)c1.O=[N+]([O-])[O-]. The number of hydrogen-bond acceptors (Lipinski definition) is 4. The topological polar surface area (TPSA) is 101 Å². The fourth-order valence-electron chi connectivity index (χ4n) is 0.908. The minimum atomic E-state index is -1.75. The Kier molecular flexibility index (Phi) is 6.04. The fourth-order valence-corrected chi connectivity index (χ4v) is 0.908. The van der Waals surface area contributed by atoms with Crippen molar-refractivity contribution < 1.29 is 9.65 Å². The highest BCUT2D eigenvalue weighted by atomic mass is 16.9. The molecule has 1 rings (SSSR count). The number of imidazole rings is 1. The van der Waals surface area contributed by atoms with E-state index in [0.29, 0.717) is 0 Å². The van der Waals surface area contributed by atoms with Crippen LogP contribution < -0.4 is 10.3 Å². The molecule has 0 spiro atoms. The molecule has 2 N–H and O–H groups in total. The Balaban J connectivity index is 0.000000364. The van der Waals surface area contributed by atoms with Crippen LogP contribution in [0.25, 0.3) is 0 Å². The number of nitrogens with two attached hydrogens (primary N) is 1. The van der Waals surface area contributed by atoms with Crippen LogP contribution in [0.1, 0.15) is 6.42 Å². The van der Waals surface area contributed by atoms with Gasteiger partial charge in [-0.25, -0.2) is 9.13 Å². The first kappa shape index (κ1) is 12.4. The summed E-state index contributed by atoms with van der Waals surface area (Å²) in [6.07, 6.45) is 7.18. The lowest BCUT2D eigenvalue weighted by Gasteiger charge is -1.90. The van der Waals surface area contributed by atoms with Crippen LogP contribution in [0.4, 0.5) is 0 Å². The molecule has 1 aromatic rings. The maximum absolute atomic E-state index is 8.25. The average Bonchev–Trinajstić information content (AvgIpc) is 2.47. The molecule has 0 aliphatic carbocycles. The van der Waals surface area contributed by atoms with Crippen LogP contribution in [-0.2, 0) is 13.6 Å². The lowest BCUT2D eigenvalue weighted by Crippen LogP contribution is -2.23. The molecule has 7 heteroatoms. The Morgan fingerprint density at radius 3 is 2.50 bits per heavy atom. The summed E-state index contributed by atoms with van der Waals surface area (Å²) in [5.41, 5.74) is 5.36. The van der Waals surface area contributed by atoms with Crippen molar-refractivity contribution in [1.82, 2.24) is 4.57 Å². The summed E-state index contributed by atoms with van der Waals surface area (Å²) >= 11 is 0. The van der Waals surface area contributed by atoms with Gasteiger partial charge in [0.05, 0.1) is 18.7 Å². The van der Waals surface area contributed by atoms with E-state index in [9.17, 15) is 0 Å². The highest BCUT2D eigenvalue weighted by Crippen LogP contribution is 1.85. The summed E-state index contributed by atoms with van der Waals surface area (Å²) in [7, 11) is 2.01. The van der Waals surface area contributed by atoms with Gasteiger partial charge in [0.1, 0.15) is 12.4 Å². The second kappa shape index (κ2) is 6.84. The highest BCUT2D eigenvalue weighted by molar-refractivity contribution is 4.65. The quantitative estimate of drug-likeness (QED) is 0.402. The molecule has 0 saturated heterocycles. The predicted octanol–water partition coefficient (Wildman–Crippen LogP) is -0.578. The highest BCUT2D eigenvalue weighted by Gasteiger charge is 1.96. The average molecular weight is 202 g/mol. The molecule has 0 saturated carbocycles. The van der Waals surface area contributed by atoms with Crippen LogP contribution >= 0.6 is 0 Å². The summed E-state index contributed by atoms with van der Waals surface area (Å²) in [5.74, 6) is 0. The van der Waals surface area contributed by atoms with Crippen molar-refractivity contribution in [2.45, 2.75) is 13.0 Å². The Morgan fingerprint density at radius 2 is 2.14 bits per heavy atom. The van der Waals surface area contributed by atoms with E-state index in [1.807, 2.05) is 17.8 Å². The first-order valence-electron chi connectivity index (χ1n) is 4.09. The molecule has 0 bridgehead atoms. The van der Waals surface area contributed by atoms with E-state index >= 15 is 0 Å². The van der Waals surface area contributed by atoms with Gasteiger partial charge in [-0.05, 0) is 13.0 Å². The number of rotatable bonds is 3. The Morgan fingerprint density at radius 1 is 1.57 bits per heavy atom. The number of aromatic nitrogens is 2. The minimum absolute atomic E-state index is 0.766. The second-order valence-electron chi connectivity index (χ2n) is 2.68. The van der Waals surface area contributed by atoms with Crippen LogP contribution in [0.5, 0.6) is 0 Å². The van der Waals surface area contributed by atoms with Crippen molar-refractivity contribution in [2.75, 3.05) is 6.54 Å². The van der Waals surface area contributed by atoms with Gasteiger partial charge in [-0.15, -0.1) is 0 Å². The molecule has 14 heavy (non-hydrogen) atoms. The van der Waals surface area contributed by atoms with Crippen LogP contribution in [0.15, 0.2) is 18.7 Å². The number of hydrogen-bond donors (Lipinski definition) is 1. The first-order valence-corrected chi connectivity index (χ1v) is 4.09. The van der Waals surface area contributed by atoms with Gasteiger partial charge in [0.15, 0.2) is 0 Å². The Hall–Kier alpha value is -1.63. The molecule has 0 atom stereocenters. The van der Waals surface area contributed by atoms with E-state index in [4.69, 9.17) is 21.1 Å². The normalized spacial score (nSPS) is 9.00. The molecule has 1 aromatic heterocycles. The van der Waals surface area contributed by atoms with Crippen molar-refractivity contribution in [3.05, 3.63) is 34.0 Å². The molecule has 1 heterocycles. The summed E-state index contributed by atoms with van der Waals surface area (Å²) in [4.78, 5) is 8.25. The van der Waals surface area contributed by atoms with E-state index in [2.05, 4.69) is 17.1 Å². The lowest BCUT2D eigenvalue weighted by atomic mass is 10.4. The number of aryl methyl sites for hydroxylation is 2. The van der Waals surface area contributed by atoms with Crippen molar-refractivity contribution in [2.24, 2.45) is 12.8 Å². The summed E-state index contributed by atoms with van der Waals surface area (Å²) in [6, 6.07) is 0. The standard InChI is InChI=1S/C7H14N3.NO3/c1-9-5-6-10(7-9)4-2-3-8;2-1(3)4/h5-7H,2-4,8H2,1H3;/q+1;-1. The van der Waals surface area contributed by atoms with Crippen LogP contribution in [0.3, 0.4) is 0 Å². The third-order valence-corrected chi connectivity index (χ3v) is 1.44. The van der Waals surface area contributed by atoms with Gasteiger partial charge < -0.3 is 21.1 Å². The van der Waals surface area contributed by atoms with E-state index in [1.165, 1.54) is 0 Å². The molecule has 7 nitrogen and oxygen atoms in total. The van der Waals surface area contributed by atoms with Crippen molar-refractivity contribution in [3.8, 4) is 0 Å². The van der Waals surface area contributed by atoms with Gasteiger partial charge in [-0.1, -0.05) is 0 Å². The summed E-state index contributed by atoms with van der Waals surface area (Å²) in [5, 5.41) is 14.8. The number of nitrogens with zero attached hydrogens (tertiary/aromatic N) is 3. The molecular weight excluding hydrogens is 188 g/mol. The molecule has 0 aliphatic heterocycles. The predicted molar refractivity (Wildman–Crippen MR) is 49.6 cm³/mol. The third-order valence-electron chi connectivity index (χ3n) is 1.44. The maximum Gasteiger partial charge on any atom is 0.243 e. The zero-order chi connectivity index (χ0) is 11.0. The van der Waals surface area contributed by atoms with Gasteiger partial charge in [0.2, 0.25) is 6.33 Å². The maximum atomic E-state index is 8.25. The fraction of sp³-hybridized carbons (Fsp3) is 0.571. The van der Waals surface area contributed by atoms with Gasteiger partial charge >= 0.3 is 0 Å². The van der Waals surface area contributed by atoms with Crippen molar-refractivity contribution in [3.63, 3.8) is 0 Å². The lowest BCUT2D eigenvalue weighted by molar-refractivity contribution is -0.671. The second-order valence-corrected chi connectivity index (χ2v) is 2.68. The summed E-state index contributed by atoms with van der Waals surface area (Å²) in [6.45, 7) is 1.79. The Bertz CT molecular complexity index is 270. The van der Waals surface area contributed by atoms with Crippen molar-refractivity contribution >= 4 is 0 Å². The molecule has 0 amide bonds. The molecular formula is C7H14N4O3. The zero-order valence-corrected chi connectivity index (χ0v) is 8.00. The molecule has 0 aromatic carbocycles. The minimum Gasteiger partial charge on any atom is -0.356 e. The van der Waals surface area contributed by atoms with Gasteiger partial charge in [-0.2, -0.15) is 0 Å². The van der Waals surface area contributed by atoms with Crippen LogP contribution in [-0.4, -0.2) is 16.2 Å². The van der Waals surface area contributed by atoms with Crippen LogP contribution in [0, 0.1) is 15.3 Å². The molecule has 0 radical (unpaired) electrons. The van der Waals surface area contributed by atoms with Gasteiger partial charge in [0, 0.05) is 0 Å². The smallest absolute Gasteiger partial charge is 0.243 e. The molecule has 0 unspecified atom stereocenters. The largest absolute Gasteiger partial charge is 0.356 e. The van der Waals surface area contributed by atoms with E-state index in [1.54, 1.807) is 0 Å². The zero-order valence-electron chi connectivity index (χ0n) is 8.00. The Labute approximate surface area is 81.5 Å². The molecule has 80 valence electrons. The molecule has 0 fully saturated rings. The van der Waals surface area contributed by atoms with Gasteiger partial charge in [0.25, 0.3) is 0 Å². The monoisotopic (exact) mass is 202 g/mol. The van der Waals surface area contributed by atoms with E-state index in [-0.39, 0.29) is 0 Å². The summed E-state index contributed by atoms with van der Waals surface area (Å²) < 4.78 is 4.16. The third kappa shape index (κ3) is 7.04. The molecule has 0 aliphatic rings. The van der Waals surface area contributed by atoms with Gasteiger partial charge in [-0.3, -0.25) is 0 Å². The van der Waals surface area contributed by atoms with Crippen LogP contribution in [0.2, 0.25) is 0 Å². The van der Waals surface area contributed by atoms with E-state index in [0.717, 1.165) is 19.5 Å². The van der Waals surface area contributed by atoms with E-state index < -0.39 is 5.09 Å². The first-order chi connectivity index (χ1) is 6.56.